The molecule has 0 aliphatic carbocycles. The van der Waals surface area contributed by atoms with Gasteiger partial charge < -0.3 is 23.7 Å². The lowest BCUT2D eigenvalue weighted by atomic mass is 9.99. The molecule has 0 aromatic carbocycles. The minimum Gasteiger partial charge on any atom is -0.463 e. The van der Waals surface area contributed by atoms with Gasteiger partial charge in [-0.05, 0) is 0 Å². The van der Waals surface area contributed by atoms with Gasteiger partial charge in [0.05, 0.1) is 6.61 Å². The van der Waals surface area contributed by atoms with Crippen molar-refractivity contribution >= 4 is 17.9 Å². The van der Waals surface area contributed by atoms with Crippen LogP contribution in [0.2, 0.25) is 0 Å². The predicted octanol–water partition coefficient (Wildman–Crippen LogP) is -0.173. The molecule has 8 nitrogen and oxygen atoms in total. The lowest BCUT2D eigenvalue weighted by Crippen LogP contribution is -2.58. The van der Waals surface area contributed by atoms with E-state index in [1.54, 1.807) is 0 Å². The summed E-state index contributed by atoms with van der Waals surface area (Å²) in [5.74, 6) is -1.59. The van der Waals surface area contributed by atoms with Crippen molar-refractivity contribution in [2.75, 3.05) is 20.3 Å². The minimum atomic E-state index is -0.913. The molecule has 0 unspecified atom stereocenters. The zero-order valence-electron chi connectivity index (χ0n) is 12.5. The van der Waals surface area contributed by atoms with Crippen molar-refractivity contribution in [1.29, 1.82) is 0 Å². The second kappa shape index (κ2) is 7.94. The van der Waals surface area contributed by atoms with Gasteiger partial charge in [0.15, 0.2) is 12.2 Å². The number of carbonyl (C=O) groups is 3. The molecule has 120 valence electrons. The molecule has 21 heavy (non-hydrogen) atoms. The topological polar surface area (TPSA) is 97.4 Å². The Kier molecular flexibility index (Phi) is 6.57. The summed E-state index contributed by atoms with van der Waals surface area (Å²) in [6, 6.07) is 0. The van der Waals surface area contributed by atoms with Crippen LogP contribution < -0.4 is 0 Å². The smallest absolute Gasteiger partial charge is 0.303 e. The first-order chi connectivity index (χ1) is 9.85. The van der Waals surface area contributed by atoms with Gasteiger partial charge in [-0.1, -0.05) is 0 Å². The molecule has 0 aromatic heterocycles. The molecule has 1 rings (SSSR count). The number of rotatable bonds is 5. The van der Waals surface area contributed by atoms with E-state index < -0.39 is 42.3 Å². The summed E-state index contributed by atoms with van der Waals surface area (Å²) in [5.41, 5.74) is 0. The van der Waals surface area contributed by atoms with Crippen molar-refractivity contribution < 1.29 is 38.1 Å². The van der Waals surface area contributed by atoms with E-state index in [4.69, 9.17) is 23.7 Å². The van der Waals surface area contributed by atoms with Crippen LogP contribution in [0.15, 0.2) is 0 Å². The molecule has 1 fully saturated rings. The average Bonchev–Trinajstić information content (AvgIpc) is 2.37. The first kappa shape index (κ1) is 17.4. The fraction of sp³-hybridized carbons (Fsp3) is 0.769. The maximum Gasteiger partial charge on any atom is 0.303 e. The van der Waals surface area contributed by atoms with E-state index in [1.165, 1.54) is 27.9 Å². The maximum absolute atomic E-state index is 11.3. The molecule has 1 saturated heterocycles. The molecule has 0 spiro atoms. The number of hydrogen-bond acceptors (Lipinski definition) is 8. The van der Waals surface area contributed by atoms with E-state index in [0.717, 1.165) is 0 Å². The Hall–Kier alpha value is -1.67. The molecule has 1 aliphatic rings. The number of methoxy groups -OCH3 is 1. The van der Waals surface area contributed by atoms with Crippen molar-refractivity contribution in [2.24, 2.45) is 0 Å². The van der Waals surface area contributed by atoms with Crippen LogP contribution in [0.3, 0.4) is 0 Å². The molecule has 0 amide bonds. The van der Waals surface area contributed by atoms with E-state index >= 15 is 0 Å². The highest BCUT2D eigenvalue weighted by Crippen LogP contribution is 2.24. The molecule has 0 radical (unpaired) electrons. The van der Waals surface area contributed by atoms with Gasteiger partial charge in [-0.25, -0.2) is 0 Å². The van der Waals surface area contributed by atoms with Crippen molar-refractivity contribution in [3.63, 3.8) is 0 Å². The van der Waals surface area contributed by atoms with Crippen LogP contribution in [0.4, 0.5) is 0 Å². The molecule has 0 saturated carbocycles. The highest BCUT2D eigenvalue weighted by molar-refractivity contribution is 5.67. The van der Waals surface area contributed by atoms with Crippen LogP contribution in [0.1, 0.15) is 20.8 Å². The van der Waals surface area contributed by atoms with Crippen molar-refractivity contribution in [3.05, 3.63) is 0 Å². The summed E-state index contributed by atoms with van der Waals surface area (Å²) in [7, 11) is 1.43. The number of ether oxygens (including phenoxy) is 5. The molecule has 1 aliphatic heterocycles. The Bertz CT molecular complexity index is 394. The normalized spacial score (nSPS) is 28.6. The summed E-state index contributed by atoms with van der Waals surface area (Å²) in [4.78, 5) is 33.4. The Morgan fingerprint density at radius 2 is 1.57 bits per heavy atom. The monoisotopic (exact) mass is 304 g/mol. The summed E-state index contributed by atoms with van der Waals surface area (Å²) < 4.78 is 25.9. The summed E-state index contributed by atoms with van der Waals surface area (Å²) in [5, 5.41) is 0. The Morgan fingerprint density at radius 3 is 2.05 bits per heavy atom. The second-order valence-electron chi connectivity index (χ2n) is 4.60. The molecule has 1 heterocycles. The quantitative estimate of drug-likeness (QED) is 0.510. The van der Waals surface area contributed by atoms with Gasteiger partial charge in [-0.2, -0.15) is 0 Å². The standard InChI is InChI=1S/C13H20O8/c1-7(14)18-6-11-13(21-9(3)16)12(20-8(2)15)10(17-4)5-19-11/h10-13H,5-6H2,1-4H3/t10-,11-,12-,13-/m0/s1. The van der Waals surface area contributed by atoms with Gasteiger partial charge in [0.2, 0.25) is 0 Å². The van der Waals surface area contributed by atoms with Crippen LogP contribution in [0.5, 0.6) is 0 Å². The zero-order chi connectivity index (χ0) is 16.0. The van der Waals surface area contributed by atoms with Crippen molar-refractivity contribution in [2.45, 2.75) is 45.2 Å². The van der Waals surface area contributed by atoms with E-state index in [1.807, 2.05) is 0 Å². The number of carbonyl (C=O) groups excluding carboxylic acids is 3. The van der Waals surface area contributed by atoms with Crippen LogP contribution in [-0.4, -0.2) is 62.6 Å². The van der Waals surface area contributed by atoms with Gasteiger partial charge in [0, 0.05) is 27.9 Å². The minimum absolute atomic E-state index is 0.110. The third-order valence-corrected chi connectivity index (χ3v) is 2.89. The number of hydrogen-bond donors (Lipinski definition) is 0. The first-order valence-corrected chi connectivity index (χ1v) is 6.47. The largest absolute Gasteiger partial charge is 0.463 e. The van der Waals surface area contributed by atoms with Gasteiger partial charge in [0.25, 0.3) is 0 Å². The van der Waals surface area contributed by atoms with Crippen LogP contribution in [0.25, 0.3) is 0 Å². The lowest BCUT2D eigenvalue weighted by Gasteiger charge is -2.40. The van der Waals surface area contributed by atoms with Crippen LogP contribution >= 0.6 is 0 Å². The summed E-state index contributed by atoms with van der Waals surface area (Å²) >= 11 is 0. The van der Waals surface area contributed by atoms with Crippen molar-refractivity contribution in [1.82, 2.24) is 0 Å². The maximum atomic E-state index is 11.3. The average molecular weight is 304 g/mol. The molecule has 0 N–H and O–H groups in total. The fourth-order valence-electron chi connectivity index (χ4n) is 2.05. The Labute approximate surface area is 122 Å². The highest BCUT2D eigenvalue weighted by atomic mass is 16.6. The fourth-order valence-corrected chi connectivity index (χ4v) is 2.05. The second-order valence-corrected chi connectivity index (χ2v) is 4.60. The Balaban J connectivity index is 2.89. The van der Waals surface area contributed by atoms with Gasteiger partial charge in [-0.3, -0.25) is 14.4 Å². The molecule has 0 aromatic rings. The van der Waals surface area contributed by atoms with Gasteiger partial charge >= 0.3 is 17.9 Å². The molecular weight excluding hydrogens is 284 g/mol. The van der Waals surface area contributed by atoms with E-state index in [-0.39, 0.29) is 13.2 Å². The first-order valence-electron chi connectivity index (χ1n) is 6.47. The molecule has 4 atom stereocenters. The summed E-state index contributed by atoms with van der Waals surface area (Å²) in [6.45, 7) is 3.74. The third kappa shape index (κ3) is 5.31. The molecule has 8 heteroatoms. The Morgan fingerprint density at radius 1 is 1.00 bits per heavy atom. The molecular formula is C13H20O8. The van der Waals surface area contributed by atoms with Crippen LogP contribution in [-0.2, 0) is 38.1 Å². The number of esters is 3. The van der Waals surface area contributed by atoms with Crippen molar-refractivity contribution in [3.8, 4) is 0 Å². The lowest BCUT2D eigenvalue weighted by molar-refractivity contribution is -0.229. The third-order valence-electron chi connectivity index (χ3n) is 2.89. The highest BCUT2D eigenvalue weighted by Gasteiger charge is 2.45. The van der Waals surface area contributed by atoms with E-state index in [2.05, 4.69) is 0 Å². The van der Waals surface area contributed by atoms with Crippen LogP contribution in [0, 0.1) is 0 Å². The van der Waals surface area contributed by atoms with E-state index in [0.29, 0.717) is 0 Å². The van der Waals surface area contributed by atoms with Gasteiger partial charge in [-0.15, -0.1) is 0 Å². The van der Waals surface area contributed by atoms with Gasteiger partial charge in [0.1, 0.15) is 18.8 Å². The SMILES string of the molecule is CO[C@H]1CO[C@@H](COC(C)=O)[C@H](OC(C)=O)[C@H]1OC(C)=O. The predicted molar refractivity (Wildman–Crippen MR) is 68.3 cm³/mol. The zero-order valence-corrected chi connectivity index (χ0v) is 12.5. The molecule has 0 bridgehead atoms. The van der Waals surface area contributed by atoms with E-state index in [9.17, 15) is 14.4 Å². The summed E-state index contributed by atoms with van der Waals surface area (Å²) in [6.07, 6.45) is -3.05.